The van der Waals surface area contributed by atoms with Gasteiger partial charge in [-0.15, -0.1) is 0 Å². The molecule has 0 radical (unpaired) electrons. The molecule has 28 heavy (non-hydrogen) atoms. The standard InChI is InChI=1S/C20H33N3O5/c1-6-19(16(24)26-7-2)8-10-22(11-9-19)15-12-20(28-21-15)13-23(14-20)17(25)27-18(3,4)5/h6-14H2,1-5H3. The van der Waals surface area contributed by atoms with Crippen LogP contribution in [0.15, 0.2) is 5.16 Å². The Morgan fingerprint density at radius 2 is 1.82 bits per heavy atom. The third kappa shape index (κ3) is 4.05. The van der Waals surface area contributed by atoms with E-state index in [1.165, 1.54) is 0 Å². The number of hydrogen-bond donors (Lipinski definition) is 0. The summed E-state index contributed by atoms with van der Waals surface area (Å²) < 4.78 is 10.7. The summed E-state index contributed by atoms with van der Waals surface area (Å²) >= 11 is 0. The van der Waals surface area contributed by atoms with Crippen LogP contribution in [0.2, 0.25) is 0 Å². The minimum absolute atomic E-state index is 0.0785. The maximum atomic E-state index is 12.4. The number of hydrogen-bond acceptors (Lipinski definition) is 7. The van der Waals surface area contributed by atoms with Crippen LogP contribution in [-0.4, -0.2) is 71.7 Å². The number of oxime groups is 1. The van der Waals surface area contributed by atoms with Gasteiger partial charge < -0.3 is 19.2 Å². The third-order valence-electron chi connectivity index (χ3n) is 5.91. The van der Waals surface area contributed by atoms with Crippen LogP contribution in [0.1, 0.15) is 60.3 Å². The number of carbonyl (C=O) groups is 2. The van der Waals surface area contributed by atoms with Crippen LogP contribution in [0.4, 0.5) is 4.79 Å². The molecule has 2 fully saturated rings. The Balaban J connectivity index is 1.50. The molecule has 0 unspecified atom stereocenters. The number of ether oxygens (including phenoxy) is 2. The topological polar surface area (TPSA) is 80.7 Å². The van der Waals surface area contributed by atoms with E-state index < -0.39 is 11.2 Å². The second-order valence-corrected chi connectivity index (χ2v) is 9.14. The molecule has 3 heterocycles. The van der Waals surface area contributed by atoms with Crippen LogP contribution in [0.3, 0.4) is 0 Å². The number of nitrogens with zero attached hydrogens (tertiary/aromatic N) is 3. The Morgan fingerprint density at radius 3 is 2.36 bits per heavy atom. The Kier molecular flexibility index (Phi) is 5.51. The smallest absolute Gasteiger partial charge is 0.410 e. The van der Waals surface area contributed by atoms with Gasteiger partial charge in [-0.1, -0.05) is 12.1 Å². The van der Waals surface area contributed by atoms with Crippen LogP contribution in [-0.2, 0) is 19.1 Å². The van der Waals surface area contributed by atoms with Crippen molar-refractivity contribution in [1.82, 2.24) is 9.80 Å². The molecule has 0 saturated carbocycles. The van der Waals surface area contributed by atoms with Crippen molar-refractivity contribution in [3.63, 3.8) is 0 Å². The number of esters is 1. The van der Waals surface area contributed by atoms with Crippen molar-refractivity contribution < 1.29 is 23.9 Å². The zero-order valence-electron chi connectivity index (χ0n) is 17.7. The molecule has 0 aromatic rings. The van der Waals surface area contributed by atoms with Gasteiger partial charge >= 0.3 is 12.1 Å². The van der Waals surface area contributed by atoms with Crippen molar-refractivity contribution >= 4 is 17.9 Å². The van der Waals surface area contributed by atoms with E-state index in [0.717, 1.165) is 38.2 Å². The van der Waals surface area contributed by atoms with E-state index in [0.29, 0.717) is 26.1 Å². The Morgan fingerprint density at radius 1 is 1.18 bits per heavy atom. The van der Waals surface area contributed by atoms with E-state index in [1.807, 2.05) is 27.7 Å². The first-order valence-corrected chi connectivity index (χ1v) is 10.3. The monoisotopic (exact) mass is 395 g/mol. The van der Waals surface area contributed by atoms with Gasteiger partial charge in [-0.2, -0.15) is 0 Å². The van der Waals surface area contributed by atoms with Gasteiger partial charge in [-0.25, -0.2) is 4.79 Å². The molecule has 0 bridgehead atoms. The summed E-state index contributed by atoms with van der Waals surface area (Å²) in [5.41, 5.74) is -1.31. The molecule has 0 aliphatic carbocycles. The lowest BCUT2D eigenvalue weighted by atomic mass is 9.76. The van der Waals surface area contributed by atoms with E-state index in [4.69, 9.17) is 14.3 Å². The SMILES string of the molecule is CCOC(=O)C1(CC)CCN(C2=NOC3(C2)CN(C(=O)OC(C)(C)C)C3)CC1. The minimum atomic E-state index is -0.503. The van der Waals surface area contributed by atoms with Crippen LogP contribution in [0, 0.1) is 5.41 Å². The van der Waals surface area contributed by atoms with Gasteiger partial charge in [0.25, 0.3) is 0 Å². The second kappa shape index (κ2) is 7.44. The fourth-order valence-corrected chi connectivity index (χ4v) is 4.13. The summed E-state index contributed by atoms with van der Waals surface area (Å²) in [5, 5.41) is 4.31. The summed E-state index contributed by atoms with van der Waals surface area (Å²) in [6.45, 7) is 12.4. The maximum Gasteiger partial charge on any atom is 0.410 e. The van der Waals surface area contributed by atoms with E-state index in [9.17, 15) is 9.59 Å². The molecule has 0 aromatic carbocycles. The highest BCUT2D eigenvalue weighted by Crippen LogP contribution is 2.39. The van der Waals surface area contributed by atoms with Crippen molar-refractivity contribution in [3.8, 4) is 0 Å². The quantitative estimate of drug-likeness (QED) is 0.684. The molecule has 3 aliphatic rings. The van der Waals surface area contributed by atoms with E-state index in [1.54, 1.807) is 4.90 Å². The molecule has 0 N–H and O–H groups in total. The molecule has 158 valence electrons. The lowest BCUT2D eigenvalue weighted by molar-refractivity contribution is -0.158. The van der Waals surface area contributed by atoms with Gasteiger partial charge in [0.2, 0.25) is 0 Å². The summed E-state index contributed by atoms with van der Waals surface area (Å²) in [6.07, 6.45) is 2.69. The van der Waals surface area contributed by atoms with Crippen molar-refractivity contribution in [2.75, 3.05) is 32.8 Å². The number of carbonyl (C=O) groups excluding carboxylic acids is 2. The lowest BCUT2D eigenvalue weighted by Gasteiger charge is -2.45. The van der Waals surface area contributed by atoms with Gasteiger partial charge in [0.1, 0.15) is 11.4 Å². The van der Waals surface area contributed by atoms with Crippen LogP contribution < -0.4 is 0 Å². The van der Waals surface area contributed by atoms with E-state index in [-0.39, 0.29) is 17.5 Å². The summed E-state index contributed by atoms with van der Waals surface area (Å²) in [5.74, 6) is 0.836. The highest BCUT2D eigenvalue weighted by Gasteiger charge is 2.54. The number of likely N-dealkylation sites (tertiary alicyclic amines) is 2. The van der Waals surface area contributed by atoms with Gasteiger partial charge in [0.05, 0.1) is 31.5 Å². The lowest BCUT2D eigenvalue weighted by Crippen LogP contribution is -2.64. The highest BCUT2D eigenvalue weighted by atomic mass is 16.7. The van der Waals surface area contributed by atoms with Gasteiger partial charge in [0.15, 0.2) is 5.60 Å². The van der Waals surface area contributed by atoms with Crippen molar-refractivity contribution in [2.45, 2.75) is 71.5 Å². The second-order valence-electron chi connectivity index (χ2n) is 9.14. The predicted octanol–water partition coefficient (Wildman–Crippen LogP) is 2.77. The summed E-state index contributed by atoms with van der Waals surface area (Å²) in [6, 6.07) is 0. The summed E-state index contributed by atoms with van der Waals surface area (Å²) in [7, 11) is 0. The Labute approximate surface area is 167 Å². The Bertz CT molecular complexity index is 641. The first kappa shape index (κ1) is 20.7. The normalized spacial score (nSPS) is 23.0. The molecule has 0 aromatic heterocycles. The number of rotatable bonds is 3. The largest absolute Gasteiger partial charge is 0.466 e. The summed E-state index contributed by atoms with van der Waals surface area (Å²) in [4.78, 5) is 34.1. The Hall–Kier alpha value is -1.99. The first-order valence-electron chi connectivity index (χ1n) is 10.3. The zero-order valence-corrected chi connectivity index (χ0v) is 17.7. The van der Waals surface area contributed by atoms with Crippen molar-refractivity contribution in [3.05, 3.63) is 0 Å². The van der Waals surface area contributed by atoms with Crippen molar-refractivity contribution in [1.29, 1.82) is 0 Å². The molecule has 1 spiro atoms. The fourth-order valence-electron chi connectivity index (χ4n) is 4.13. The fraction of sp³-hybridized carbons (Fsp3) is 0.850. The highest BCUT2D eigenvalue weighted by molar-refractivity contribution is 5.85. The van der Waals surface area contributed by atoms with E-state index >= 15 is 0 Å². The van der Waals surface area contributed by atoms with Gasteiger partial charge in [-0.3, -0.25) is 9.69 Å². The van der Waals surface area contributed by atoms with E-state index in [2.05, 4.69) is 17.0 Å². The average molecular weight is 396 g/mol. The molecule has 8 heteroatoms. The number of amides is 1. The predicted molar refractivity (Wildman–Crippen MR) is 104 cm³/mol. The maximum absolute atomic E-state index is 12.4. The zero-order chi connectivity index (χ0) is 20.6. The minimum Gasteiger partial charge on any atom is -0.466 e. The molecule has 0 atom stereocenters. The molecule has 8 nitrogen and oxygen atoms in total. The number of piperidine rings is 1. The molecule has 1 amide bonds. The molecule has 3 rings (SSSR count). The molecule has 2 saturated heterocycles. The first-order chi connectivity index (χ1) is 13.1. The van der Waals surface area contributed by atoms with Crippen LogP contribution in [0.5, 0.6) is 0 Å². The van der Waals surface area contributed by atoms with Crippen LogP contribution >= 0.6 is 0 Å². The molecular weight excluding hydrogens is 362 g/mol. The third-order valence-corrected chi connectivity index (χ3v) is 5.91. The van der Waals surface area contributed by atoms with Gasteiger partial charge in [0, 0.05) is 13.1 Å². The molecule has 3 aliphatic heterocycles. The number of amidine groups is 1. The van der Waals surface area contributed by atoms with Crippen LogP contribution in [0.25, 0.3) is 0 Å². The average Bonchev–Trinajstić information content (AvgIpc) is 3.05. The van der Waals surface area contributed by atoms with Gasteiger partial charge in [-0.05, 0) is 47.0 Å². The molecular formula is C20H33N3O5. The van der Waals surface area contributed by atoms with Crippen molar-refractivity contribution in [2.24, 2.45) is 10.6 Å².